The highest BCUT2D eigenvalue weighted by atomic mass is 16.2. The molecule has 0 fully saturated rings. The van der Waals surface area contributed by atoms with Gasteiger partial charge in [-0.05, 0) is 32.0 Å². The monoisotopic (exact) mass is 340 g/mol. The van der Waals surface area contributed by atoms with Gasteiger partial charge in [0, 0.05) is 18.4 Å². The van der Waals surface area contributed by atoms with Gasteiger partial charge in [0.05, 0.1) is 12.2 Å². The Hall–Kier alpha value is -3.16. The van der Waals surface area contributed by atoms with Crippen LogP contribution in [-0.2, 0) is 16.1 Å². The average molecular weight is 340 g/mol. The molecule has 8 heteroatoms. The molecule has 0 spiro atoms. The van der Waals surface area contributed by atoms with Crippen molar-refractivity contribution >= 4 is 23.3 Å². The summed E-state index contributed by atoms with van der Waals surface area (Å²) < 4.78 is 1.74. The van der Waals surface area contributed by atoms with Gasteiger partial charge in [-0.15, -0.1) is 0 Å². The molecule has 0 saturated carbocycles. The number of benzene rings is 1. The summed E-state index contributed by atoms with van der Waals surface area (Å²) in [6.07, 6.45) is 3.52. The summed E-state index contributed by atoms with van der Waals surface area (Å²) >= 11 is 0. The largest absolute Gasteiger partial charge is 0.345 e. The first-order valence-corrected chi connectivity index (χ1v) is 8.06. The Balaban J connectivity index is 1.69. The zero-order chi connectivity index (χ0) is 17.8. The van der Waals surface area contributed by atoms with Gasteiger partial charge in [0.15, 0.2) is 0 Å². The van der Waals surface area contributed by atoms with Gasteiger partial charge < -0.3 is 5.32 Å². The highest BCUT2D eigenvalue weighted by Crippen LogP contribution is 2.15. The van der Waals surface area contributed by atoms with Gasteiger partial charge in [0.25, 0.3) is 11.8 Å². The normalized spacial score (nSPS) is 18.3. The predicted octanol–water partition coefficient (Wildman–Crippen LogP) is 0.726. The van der Waals surface area contributed by atoms with E-state index in [1.54, 1.807) is 29.9 Å². The molecule has 1 aliphatic rings. The maximum Gasteiger partial charge on any atom is 0.288 e. The van der Waals surface area contributed by atoms with Gasteiger partial charge in [-0.2, -0.15) is 5.10 Å². The topological polar surface area (TPSA) is 91.6 Å². The van der Waals surface area contributed by atoms with E-state index >= 15 is 0 Å². The predicted molar refractivity (Wildman–Crippen MR) is 93.8 cm³/mol. The zero-order valence-electron chi connectivity index (χ0n) is 14.1. The Labute approximate surface area is 145 Å². The quantitative estimate of drug-likeness (QED) is 0.839. The lowest BCUT2D eigenvalue weighted by Gasteiger charge is -2.30. The molecule has 0 aliphatic carbocycles. The summed E-state index contributed by atoms with van der Waals surface area (Å²) in [5.41, 5.74) is 3.47. The van der Waals surface area contributed by atoms with Crippen LogP contribution in [0, 0.1) is 0 Å². The molecule has 1 aliphatic heterocycles. The third-order valence-electron chi connectivity index (χ3n) is 3.75. The molecule has 25 heavy (non-hydrogen) atoms. The number of rotatable bonds is 5. The van der Waals surface area contributed by atoms with Crippen LogP contribution in [0.1, 0.15) is 13.8 Å². The number of amides is 2. The van der Waals surface area contributed by atoms with E-state index in [-0.39, 0.29) is 23.7 Å². The molecule has 0 bridgehead atoms. The second-order valence-corrected chi connectivity index (χ2v) is 5.88. The number of para-hydroxylation sites is 1. The minimum atomic E-state index is -0.636. The van der Waals surface area contributed by atoms with Crippen molar-refractivity contribution in [2.75, 3.05) is 5.01 Å². The van der Waals surface area contributed by atoms with Crippen LogP contribution in [0.4, 0.5) is 5.69 Å². The molecule has 130 valence electrons. The fourth-order valence-corrected chi connectivity index (χ4v) is 2.53. The van der Waals surface area contributed by atoms with E-state index in [4.69, 9.17) is 0 Å². The molecular weight excluding hydrogens is 320 g/mol. The van der Waals surface area contributed by atoms with Crippen molar-refractivity contribution in [1.29, 1.82) is 0 Å². The first-order valence-electron chi connectivity index (χ1n) is 8.06. The van der Waals surface area contributed by atoms with Crippen LogP contribution in [-0.4, -0.2) is 39.5 Å². The second kappa shape index (κ2) is 7.16. The first-order chi connectivity index (χ1) is 12.0. The van der Waals surface area contributed by atoms with Gasteiger partial charge in [-0.1, -0.05) is 18.2 Å². The summed E-state index contributed by atoms with van der Waals surface area (Å²) in [6.45, 7) is 4.09. The van der Waals surface area contributed by atoms with Gasteiger partial charge >= 0.3 is 0 Å². The third-order valence-corrected chi connectivity index (χ3v) is 3.75. The molecule has 0 saturated heterocycles. The third kappa shape index (κ3) is 3.85. The molecule has 2 amide bonds. The standard InChI is InChI=1S/C17H20N6O2/c1-12(11-22-10-6-9-18-22)19-16(24)15-20-13(2)17(25)23(21-15)14-7-4-3-5-8-14/h3-10,12-13H,11H2,1-2H3,(H,19,24)(H,20,21)/t12-,13-/m1/s1. The molecule has 0 radical (unpaired) electrons. The number of anilines is 1. The van der Waals surface area contributed by atoms with E-state index in [1.807, 2.05) is 37.4 Å². The Bertz CT molecular complexity index is 772. The van der Waals surface area contributed by atoms with E-state index in [9.17, 15) is 9.59 Å². The number of hydrogen-bond donors (Lipinski definition) is 2. The van der Waals surface area contributed by atoms with Crippen LogP contribution in [0.15, 0.2) is 53.8 Å². The molecule has 2 aromatic rings. The molecule has 1 aromatic heterocycles. The summed E-state index contributed by atoms with van der Waals surface area (Å²) in [7, 11) is 0. The molecule has 8 nitrogen and oxygen atoms in total. The van der Waals surface area contributed by atoms with Crippen molar-refractivity contribution in [2.45, 2.75) is 32.5 Å². The Morgan fingerprint density at radius 2 is 2.08 bits per heavy atom. The maximum atomic E-state index is 12.5. The van der Waals surface area contributed by atoms with Crippen LogP contribution >= 0.6 is 0 Å². The van der Waals surface area contributed by atoms with Crippen LogP contribution in [0.5, 0.6) is 0 Å². The average Bonchev–Trinajstić information content (AvgIpc) is 3.10. The number of carbonyl (C=O) groups excluding carboxylic acids is 2. The second-order valence-electron chi connectivity index (χ2n) is 5.88. The van der Waals surface area contributed by atoms with E-state index < -0.39 is 6.04 Å². The number of hydrazine groups is 1. The maximum absolute atomic E-state index is 12.5. The fraction of sp³-hybridized carbons (Fsp3) is 0.294. The fourth-order valence-electron chi connectivity index (χ4n) is 2.53. The first kappa shape index (κ1) is 16.7. The Kier molecular flexibility index (Phi) is 4.78. The van der Waals surface area contributed by atoms with Crippen molar-refractivity contribution in [3.05, 3.63) is 48.8 Å². The summed E-state index contributed by atoms with van der Waals surface area (Å²) in [5.74, 6) is -0.462. The highest BCUT2D eigenvalue weighted by molar-refractivity contribution is 6.39. The van der Waals surface area contributed by atoms with Crippen molar-refractivity contribution in [3.63, 3.8) is 0 Å². The smallest absolute Gasteiger partial charge is 0.288 e. The molecule has 2 N–H and O–H groups in total. The summed E-state index contributed by atoms with van der Waals surface area (Å²) in [6, 6.07) is 10.1. The minimum absolute atomic E-state index is 0.114. The van der Waals surface area contributed by atoms with Crippen molar-refractivity contribution in [1.82, 2.24) is 20.5 Å². The summed E-state index contributed by atoms with van der Waals surface area (Å²) in [4.78, 5) is 29.0. The molecule has 3 rings (SSSR count). The molecule has 2 atom stereocenters. The molecular formula is C17H20N6O2. The molecule has 2 heterocycles. The number of carbonyl (C=O) groups is 2. The van der Waals surface area contributed by atoms with Crippen LogP contribution in [0.25, 0.3) is 0 Å². The van der Waals surface area contributed by atoms with E-state index in [0.717, 1.165) is 0 Å². The van der Waals surface area contributed by atoms with E-state index in [0.29, 0.717) is 12.2 Å². The van der Waals surface area contributed by atoms with Crippen LogP contribution in [0.3, 0.4) is 0 Å². The van der Waals surface area contributed by atoms with Gasteiger partial charge in [0.2, 0.25) is 5.84 Å². The van der Waals surface area contributed by atoms with Gasteiger partial charge in [-0.3, -0.25) is 19.7 Å². The van der Waals surface area contributed by atoms with E-state index in [1.165, 1.54) is 5.01 Å². The molecule has 1 aromatic carbocycles. The van der Waals surface area contributed by atoms with Gasteiger partial charge in [0.1, 0.15) is 6.04 Å². The van der Waals surface area contributed by atoms with Crippen molar-refractivity contribution in [3.8, 4) is 0 Å². The number of nitrogens with zero attached hydrogens (tertiary/aromatic N) is 4. The minimum Gasteiger partial charge on any atom is -0.345 e. The van der Waals surface area contributed by atoms with Crippen LogP contribution in [0.2, 0.25) is 0 Å². The van der Waals surface area contributed by atoms with E-state index in [2.05, 4.69) is 20.8 Å². The Morgan fingerprint density at radius 3 is 2.76 bits per heavy atom. The lowest BCUT2D eigenvalue weighted by atomic mass is 10.2. The molecule has 0 unspecified atom stereocenters. The van der Waals surface area contributed by atoms with Crippen molar-refractivity contribution < 1.29 is 9.59 Å². The SMILES string of the molecule is C[C@H](Cn1cccn1)NC(=O)C1=N[C@H](C)C(=O)N(c2ccccc2)N1. The number of aliphatic imine (C=N–C) groups is 1. The number of aromatic nitrogens is 2. The zero-order valence-corrected chi connectivity index (χ0v) is 14.1. The number of amidine groups is 1. The number of hydrogen-bond acceptors (Lipinski definition) is 5. The van der Waals surface area contributed by atoms with Crippen LogP contribution < -0.4 is 15.8 Å². The lowest BCUT2D eigenvalue weighted by Crippen LogP contribution is -2.58. The Morgan fingerprint density at radius 1 is 1.32 bits per heavy atom. The lowest BCUT2D eigenvalue weighted by molar-refractivity contribution is -0.120. The van der Waals surface area contributed by atoms with Crippen molar-refractivity contribution in [2.24, 2.45) is 4.99 Å². The number of nitrogens with one attached hydrogen (secondary N) is 2. The van der Waals surface area contributed by atoms with Gasteiger partial charge in [-0.25, -0.2) is 10.0 Å². The summed E-state index contributed by atoms with van der Waals surface area (Å²) in [5, 5.41) is 8.33. The highest BCUT2D eigenvalue weighted by Gasteiger charge is 2.31.